The van der Waals surface area contributed by atoms with E-state index in [1.165, 1.54) is 0 Å². The van der Waals surface area contributed by atoms with Gasteiger partial charge in [0.05, 0.1) is 6.21 Å². The highest BCUT2D eigenvalue weighted by atomic mass is 16.3. The van der Waals surface area contributed by atoms with Crippen LogP contribution in [0.4, 0.5) is 0 Å². The Balaban J connectivity index is 1.55. The quantitative estimate of drug-likeness (QED) is 0.540. The molecule has 1 aliphatic heterocycles. The van der Waals surface area contributed by atoms with Gasteiger partial charge in [-0.3, -0.25) is 0 Å². The second kappa shape index (κ2) is 6.65. The summed E-state index contributed by atoms with van der Waals surface area (Å²) in [5.41, 5.74) is 1.77. The fourth-order valence-corrected chi connectivity index (χ4v) is 2.88. The van der Waals surface area contributed by atoms with Gasteiger partial charge in [0.1, 0.15) is 11.8 Å². The highest BCUT2D eigenvalue weighted by molar-refractivity contribution is 6.02. The van der Waals surface area contributed by atoms with Gasteiger partial charge >= 0.3 is 0 Å². The number of rotatable bonds is 3. The van der Waals surface area contributed by atoms with Crippen LogP contribution in [0.25, 0.3) is 10.8 Å². The van der Waals surface area contributed by atoms with E-state index in [9.17, 15) is 5.11 Å². The molecule has 1 atom stereocenters. The highest BCUT2D eigenvalue weighted by Crippen LogP contribution is 2.28. The Hall–Kier alpha value is -3.34. The van der Waals surface area contributed by atoms with Crippen molar-refractivity contribution in [2.24, 2.45) is 20.4 Å². The third kappa shape index (κ3) is 3.17. The molecule has 1 N–H and O–H groups in total. The molecule has 0 aliphatic carbocycles. The molecule has 5 nitrogen and oxygen atoms in total. The molecule has 0 radical (unpaired) electrons. The van der Waals surface area contributed by atoms with Crippen molar-refractivity contribution < 1.29 is 5.11 Å². The fourth-order valence-electron chi connectivity index (χ4n) is 2.88. The molecule has 3 aromatic rings. The SMILES string of the molecule is Oc1ccc2ccccc2c1C=NN=C1CC(c2ccccc2)N=N1. The first-order valence-electron chi connectivity index (χ1n) is 8.08. The molecule has 4 rings (SSSR count). The van der Waals surface area contributed by atoms with E-state index in [4.69, 9.17) is 0 Å². The average molecular weight is 328 g/mol. The van der Waals surface area contributed by atoms with Crippen molar-refractivity contribution in [3.63, 3.8) is 0 Å². The van der Waals surface area contributed by atoms with Gasteiger partial charge in [0.15, 0.2) is 5.84 Å². The van der Waals surface area contributed by atoms with Crippen molar-refractivity contribution in [3.05, 3.63) is 77.9 Å². The van der Waals surface area contributed by atoms with Crippen LogP contribution >= 0.6 is 0 Å². The zero-order valence-electron chi connectivity index (χ0n) is 13.4. The second-order valence-electron chi connectivity index (χ2n) is 5.83. The zero-order valence-corrected chi connectivity index (χ0v) is 13.4. The van der Waals surface area contributed by atoms with E-state index in [-0.39, 0.29) is 11.8 Å². The van der Waals surface area contributed by atoms with Crippen LogP contribution in [0.3, 0.4) is 0 Å². The third-order valence-corrected chi connectivity index (χ3v) is 4.18. The number of phenols is 1. The summed E-state index contributed by atoms with van der Waals surface area (Å²) >= 11 is 0. The smallest absolute Gasteiger partial charge is 0.175 e. The topological polar surface area (TPSA) is 69.7 Å². The Labute approximate surface area is 145 Å². The van der Waals surface area contributed by atoms with Gasteiger partial charge in [-0.2, -0.15) is 10.2 Å². The zero-order chi connectivity index (χ0) is 17.1. The molecule has 1 unspecified atom stereocenters. The molecule has 0 spiro atoms. The van der Waals surface area contributed by atoms with Crippen molar-refractivity contribution in [1.29, 1.82) is 0 Å². The molecule has 122 valence electrons. The number of amidine groups is 1. The minimum Gasteiger partial charge on any atom is -0.507 e. The van der Waals surface area contributed by atoms with Gasteiger partial charge < -0.3 is 5.11 Å². The van der Waals surface area contributed by atoms with Crippen molar-refractivity contribution in [2.45, 2.75) is 12.5 Å². The van der Waals surface area contributed by atoms with E-state index in [1.807, 2.05) is 60.7 Å². The molecule has 1 aliphatic rings. The van der Waals surface area contributed by atoms with Crippen LogP contribution in [-0.2, 0) is 0 Å². The molecule has 0 aromatic heterocycles. The molecule has 5 heteroatoms. The number of benzene rings is 3. The molecule has 1 heterocycles. The Morgan fingerprint density at radius 1 is 0.960 bits per heavy atom. The molecule has 0 saturated carbocycles. The van der Waals surface area contributed by atoms with E-state index in [0.717, 1.165) is 16.3 Å². The largest absolute Gasteiger partial charge is 0.507 e. The van der Waals surface area contributed by atoms with Crippen molar-refractivity contribution in [3.8, 4) is 5.75 Å². The first-order valence-corrected chi connectivity index (χ1v) is 8.08. The lowest BCUT2D eigenvalue weighted by Gasteiger charge is -2.04. The maximum absolute atomic E-state index is 10.1. The van der Waals surface area contributed by atoms with Gasteiger partial charge in [-0.25, -0.2) is 0 Å². The predicted molar refractivity (Wildman–Crippen MR) is 99.3 cm³/mol. The van der Waals surface area contributed by atoms with Gasteiger partial charge in [0, 0.05) is 12.0 Å². The maximum Gasteiger partial charge on any atom is 0.175 e. The molecule has 0 fully saturated rings. The Morgan fingerprint density at radius 3 is 2.64 bits per heavy atom. The highest BCUT2D eigenvalue weighted by Gasteiger charge is 2.19. The lowest BCUT2D eigenvalue weighted by molar-refractivity contribution is 0.475. The first-order chi connectivity index (χ1) is 12.3. The summed E-state index contributed by atoms with van der Waals surface area (Å²) in [4.78, 5) is 0. The summed E-state index contributed by atoms with van der Waals surface area (Å²) in [6, 6.07) is 21.4. The summed E-state index contributed by atoms with van der Waals surface area (Å²) < 4.78 is 0. The molecule has 25 heavy (non-hydrogen) atoms. The van der Waals surface area contributed by atoms with Crippen molar-refractivity contribution >= 4 is 22.8 Å². The van der Waals surface area contributed by atoms with E-state index in [0.29, 0.717) is 17.8 Å². The van der Waals surface area contributed by atoms with Gasteiger partial charge in [-0.15, -0.1) is 10.2 Å². The number of hydrogen-bond acceptors (Lipinski definition) is 4. The molecule has 3 aromatic carbocycles. The Morgan fingerprint density at radius 2 is 1.76 bits per heavy atom. The van der Waals surface area contributed by atoms with Crippen LogP contribution in [0.1, 0.15) is 23.6 Å². The summed E-state index contributed by atoms with van der Waals surface area (Å²) in [5.74, 6) is 0.766. The normalized spacial score (nSPS) is 18.6. The molecule has 0 bridgehead atoms. The summed E-state index contributed by atoms with van der Waals surface area (Å²) in [6.45, 7) is 0. The standard InChI is InChI=1S/C20H16N4O/c25-19-11-10-14-6-4-5-9-16(14)17(19)13-21-23-20-12-18(22-24-20)15-7-2-1-3-8-15/h1-11,13,18,25H,12H2. The second-order valence-corrected chi connectivity index (χ2v) is 5.83. The maximum atomic E-state index is 10.1. The number of hydrogen-bond donors (Lipinski definition) is 1. The van der Waals surface area contributed by atoms with Crippen molar-refractivity contribution in [1.82, 2.24) is 0 Å². The summed E-state index contributed by atoms with van der Waals surface area (Å²) in [6.07, 6.45) is 2.19. The first kappa shape index (κ1) is 15.2. The van der Waals surface area contributed by atoms with Gasteiger partial charge in [0.25, 0.3) is 0 Å². The van der Waals surface area contributed by atoms with Crippen LogP contribution < -0.4 is 0 Å². The average Bonchev–Trinajstić information content (AvgIpc) is 3.13. The van der Waals surface area contributed by atoms with Crippen LogP contribution in [-0.4, -0.2) is 17.2 Å². The predicted octanol–water partition coefficient (Wildman–Crippen LogP) is 4.88. The van der Waals surface area contributed by atoms with Gasteiger partial charge in [-0.05, 0) is 22.4 Å². The van der Waals surface area contributed by atoms with Crippen LogP contribution in [0.15, 0.2) is 87.2 Å². The molecule has 0 saturated heterocycles. The van der Waals surface area contributed by atoms with Crippen LogP contribution in [0, 0.1) is 0 Å². The molecule has 0 amide bonds. The van der Waals surface area contributed by atoms with Crippen LogP contribution in [0.5, 0.6) is 5.75 Å². The minimum atomic E-state index is 0.00103. The molecular weight excluding hydrogens is 312 g/mol. The van der Waals surface area contributed by atoms with E-state index in [1.54, 1.807) is 12.3 Å². The number of azo groups is 1. The fraction of sp³-hybridized carbons (Fsp3) is 0.100. The summed E-state index contributed by atoms with van der Waals surface area (Å²) in [7, 11) is 0. The minimum absolute atomic E-state index is 0.00103. The van der Waals surface area contributed by atoms with Crippen LogP contribution in [0.2, 0.25) is 0 Å². The Bertz CT molecular complexity index is 993. The summed E-state index contributed by atoms with van der Waals surface area (Å²) in [5, 5.41) is 28.7. The van der Waals surface area contributed by atoms with E-state index in [2.05, 4.69) is 20.4 Å². The van der Waals surface area contributed by atoms with Crippen molar-refractivity contribution in [2.75, 3.05) is 0 Å². The number of fused-ring (bicyclic) bond motifs is 1. The monoisotopic (exact) mass is 328 g/mol. The van der Waals surface area contributed by atoms with E-state index < -0.39 is 0 Å². The number of aromatic hydroxyl groups is 1. The molecular formula is C20H16N4O. The number of phenolic OH excluding ortho intramolecular Hbond substituents is 1. The lowest BCUT2D eigenvalue weighted by atomic mass is 10.0. The number of nitrogens with zero attached hydrogens (tertiary/aromatic N) is 4. The third-order valence-electron chi connectivity index (χ3n) is 4.18. The van der Waals surface area contributed by atoms with Gasteiger partial charge in [0.2, 0.25) is 0 Å². The Kier molecular flexibility index (Phi) is 4.04. The van der Waals surface area contributed by atoms with Gasteiger partial charge in [-0.1, -0.05) is 60.7 Å². The van der Waals surface area contributed by atoms with E-state index >= 15 is 0 Å². The lowest BCUT2D eigenvalue weighted by Crippen LogP contribution is -1.95.